The van der Waals surface area contributed by atoms with Gasteiger partial charge in [-0.05, 0) is 32.4 Å². The smallest absolute Gasteiger partial charge is 0.283 e. The second-order valence-electron chi connectivity index (χ2n) is 7.46. The van der Waals surface area contributed by atoms with Crippen LogP contribution < -0.4 is 5.32 Å². The summed E-state index contributed by atoms with van der Waals surface area (Å²) < 4.78 is 28.0. The molecule has 0 fully saturated rings. The number of anilines is 1. The number of nitro benzene ring substituents is 1. The van der Waals surface area contributed by atoms with E-state index in [2.05, 4.69) is 5.32 Å². The lowest BCUT2D eigenvalue weighted by Gasteiger charge is -2.43. The van der Waals surface area contributed by atoms with Gasteiger partial charge in [0.2, 0.25) is 0 Å². The summed E-state index contributed by atoms with van der Waals surface area (Å²) in [4.78, 5) is 10.5. The van der Waals surface area contributed by atoms with Gasteiger partial charge in [-0.3, -0.25) is 10.1 Å². The predicted molar refractivity (Wildman–Crippen MR) is 100 cm³/mol. The number of hydrogen-bond donors (Lipinski definition) is 2. The van der Waals surface area contributed by atoms with Gasteiger partial charge >= 0.3 is 0 Å². The number of aryl methyl sites for hydroxylation is 1. The molecule has 0 saturated heterocycles. The van der Waals surface area contributed by atoms with Crippen LogP contribution in [0.3, 0.4) is 0 Å². The average molecular weight is 397 g/mol. The first-order valence-electron chi connectivity index (χ1n) is 8.38. The van der Waals surface area contributed by atoms with Crippen LogP contribution in [-0.2, 0) is 0 Å². The van der Waals surface area contributed by atoms with E-state index in [0.717, 1.165) is 0 Å². The number of nitro groups is 1. The minimum Gasteiger partial charge on any atom is -0.390 e. The van der Waals surface area contributed by atoms with Gasteiger partial charge < -0.3 is 10.4 Å². The molecule has 0 aliphatic carbocycles. The maximum absolute atomic E-state index is 14.5. The van der Waals surface area contributed by atoms with E-state index >= 15 is 0 Å². The Balaban J connectivity index is 2.34. The van der Waals surface area contributed by atoms with Crippen molar-refractivity contribution in [2.24, 2.45) is 0 Å². The fourth-order valence-corrected chi connectivity index (χ4v) is 4.16. The molecule has 0 unspecified atom stereocenters. The van der Waals surface area contributed by atoms with E-state index < -0.39 is 39.8 Å². The predicted octanol–water partition coefficient (Wildman–Crippen LogP) is 5.17. The van der Waals surface area contributed by atoms with Crippen molar-refractivity contribution >= 4 is 23.0 Å². The zero-order valence-electron chi connectivity index (χ0n) is 15.2. The van der Waals surface area contributed by atoms with Gasteiger partial charge in [0.1, 0.15) is 11.6 Å². The third-order valence-corrected chi connectivity index (χ3v) is 5.52. The molecule has 144 valence electrons. The number of hydrogen-bond acceptors (Lipinski definition) is 4. The number of rotatable bonds is 2. The largest absolute Gasteiger partial charge is 0.390 e. The molecular formula is C19H19ClF2N2O3. The van der Waals surface area contributed by atoms with Gasteiger partial charge in [0.05, 0.1) is 33.2 Å². The average Bonchev–Trinajstić information content (AvgIpc) is 2.55. The summed E-state index contributed by atoms with van der Waals surface area (Å²) in [5.41, 5.74) is 0.352. The van der Waals surface area contributed by atoms with Crippen LogP contribution in [0.25, 0.3) is 11.1 Å². The topological polar surface area (TPSA) is 75.4 Å². The summed E-state index contributed by atoms with van der Waals surface area (Å²) in [6.07, 6.45) is -0.787. The van der Waals surface area contributed by atoms with Crippen LogP contribution in [0.2, 0.25) is 5.02 Å². The highest BCUT2D eigenvalue weighted by Gasteiger charge is 2.41. The first-order valence-corrected chi connectivity index (χ1v) is 8.76. The standard InChI is InChI=1S/C19H19ClF2N2O3/c1-8-5-11(15-12(22)6-10(21)7-13(15)24(26)27)16(20)14-9(2)18(25)19(3,4)23-17(8)14/h5-7,9,18,23,25H,1-4H3/t9-,18+/m1/s1. The number of halogens is 3. The number of aliphatic hydroxyl groups is 1. The van der Waals surface area contributed by atoms with Crippen molar-refractivity contribution in [3.05, 3.63) is 56.1 Å². The molecule has 1 aliphatic heterocycles. The zero-order chi connectivity index (χ0) is 20.3. The van der Waals surface area contributed by atoms with Crippen LogP contribution in [-0.4, -0.2) is 21.7 Å². The molecule has 0 amide bonds. The Hall–Kier alpha value is -2.25. The summed E-state index contributed by atoms with van der Waals surface area (Å²) in [5, 5.41) is 25.3. The summed E-state index contributed by atoms with van der Waals surface area (Å²) in [5.74, 6) is -2.51. The van der Waals surface area contributed by atoms with Crippen LogP contribution in [0.5, 0.6) is 0 Å². The molecule has 5 nitrogen and oxygen atoms in total. The van der Waals surface area contributed by atoms with Gasteiger partial charge in [-0.2, -0.15) is 0 Å². The molecule has 0 radical (unpaired) electrons. The molecule has 2 aromatic rings. The van der Waals surface area contributed by atoms with Gasteiger partial charge in [-0.15, -0.1) is 0 Å². The Labute approximate surface area is 160 Å². The van der Waals surface area contributed by atoms with Gasteiger partial charge in [-0.1, -0.05) is 18.5 Å². The fourth-order valence-electron chi connectivity index (χ4n) is 3.74. The van der Waals surface area contributed by atoms with Gasteiger partial charge in [0, 0.05) is 28.8 Å². The lowest BCUT2D eigenvalue weighted by molar-refractivity contribution is -0.384. The van der Waals surface area contributed by atoms with E-state index in [1.54, 1.807) is 13.8 Å². The van der Waals surface area contributed by atoms with E-state index in [-0.39, 0.29) is 16.1 Å². The molecule has 0 spiro atoms. The second kappa shape index (κ2) is 6.42. The molecule has 0 bridgehead atoms. The van der Waals surface area contributed by atoms with Crippen LogP contribution in [0, 0.1) is 28.7 Å². The van der Waals surface area contributed by atoms with Crippen molar-refractivity contribution in [1.29, 1.82) is 0 Å². The number of nitrogens with one attached hydrogen (secondary N) is 1. The zero-order valence-corrected chi connectivity index (χ0v) is 16.0. The maximum atomic E-state index is 14.5. The van der Waals surface area contributed by atoms with Crippen molar-refractivity contribution in [3.8, 4) is 11.1 Å². The normalized spacial score (nSPS) is 20.7. The highest BCUT2D eigenvalue weighted by atomic mass is 35.5. The molecule has 0 saturated carbocycles. The van der Waals surface area contributed by atoms with E-state index in [9.17, 15) is 24.0 Å². The van der Waals surface area contributed by atoms with Gasteiger partial charge in [0.15, 0.2) is 0 Å². The van der Waals surface area contributed by atoms with E-state index in [0.29, 0.717) is 28.9 Å². The van der Waals surface area contributed by atoms with E-state index in [4.69, 9.17) is 11.6 Å². The molecule has 1 aliphatic rings. The van der Waals surface area contributed by atoms with Crippen LogP contribution in [0.4, 0.5) is 20.2 Å². The molecule has 2 N–H and O–H groups in total. The van der Waals surface area contributed by atoms with Crippen molar-refractivity contribution in [1.82, 2.24) is 0 Å². The third kappa shape index (κ3) is 3.04. The Morgan fingerprint density at radius 1 is 1.30 bits per heavy atom. The Morgan fingerprint density at radius 2 is 1.93 bits per heavy atom. The highest BCUT2D eigenvalue weighted by Crippen LogP contribution is 2.49. The molecule has 1 heterocycles. The summed E-state index contributed by atoms with van der Waals surface area (Å²) >= 11 is 6.54. The van der Waals surface area contributed by atoms with Crippen LogP contribution in [0.1, 0.15) is 37.8 Å². The van der Waals surface area contributed by atoms with Crippen molar-refractivity contribution < 1.29 is 18.8 Å². The molecule has 27 heavy (non-hydrogen) atoms. The highest BCUT2D eigenvalue weighted by molar-refractivity contribution is 6.35. The minimum absolute atomic E-state index is 0.0951. The lowest BCUT2D eigenvalue weighted by Crippen LogP contribution is -2.50. The SMILES string of the molecule is Cc1cc(-c2c(F)cc(F)cc2[N+](=O)[O-])c(Cl)c2c1NC(C)(C)[C@@H](O)[C@@H]2C. The lowest BCUT2D eigenvalue weighted by atomic mass is 9.77. The number of benzene rings is 2. The van der Waals surface area contributed by atoms with Gasteiger partial charge in [0.25, 0.3) is 5.69 Å². The van der Waals surface area contributed by atoms with Crippen molar-refractivity contribution in [2.45, 2.75) is 45.3 Å². The molecule has 2 aromatic carbocycles. The van der Waals surface area contributed by atoms with Crippen LogP contribution in [0.15, 0.2) is 18.2 Å². The fraction of sp³-hybridized carbons (Fsp3) is 0.368. The summed E-state index contributed by atoms with van der Waals surface area (Å²) in [7, 11) is 0. The Bertz CT molecular complexity index is 963. The summed E-state index contributed by atoms with van der Waals surface area (Å²) in [6, 6.07) is 2.80. The minimum atomic E-state index is -1.07. The summed E-state index contributed by atoms with van der Waals surface area (Å²) in [6.45, 7) is 7.25. The van der Waals surface area contributed by atoms with Crippen molar-refractivity contribution in [3.63, 3.8) is 0 Å². The maximum Gasteiger partial charge on any atom is 0.283 e. The van der Waals surface area contributed by atoms with Gasteiger partial charge in [-0.25, -0.2) is 8.78 Å². The number of nitrogens with zero attached hydrogens (tertiary/aromatic N) is 1. The third-order valence-electron chi connectivity index (χ3n) is 5.11. The van der Waals surface area contributed by atoms with Crippen molar-refractivity contribution in [2.75, 3.05) is 5.32 Å². The van der Waals surface area contributed by atoms with E-state index in [1.807, 2.05) is 13.8 Å². The quantitative estimate of drug-likeness (QED) is 0.542. The first kappa shape index (κ1) is 19.5. The molecule has 8 heteroatoms. The molecule has 2 atom stereocenters. The number of fused-ring (bicyclic) bond motifs is 1. The Morgan fingerprint density at radius 3 is 2.52 bits per heavy atom. The first-order chi connectivity index (χ1) is 12.5. The van der Waals surface area contributed by atoms with Crippen LogP contribution >= 0.6 is 11.6 Å². The van der Waals surface area contributed by atoms with E-state index in [1.165, 1.54) is 6.07 Å². The number of aliphatic hydroxyl groups excluding tert-OH is 1. The molecular weight excluding hydrogens is 378 g/mol. The molecule has 3 rings (SSSR count). The Kier molecular flexibility index (Phi) is 4.64. The monoisotopic (exact) mass is 396 g/mol. The molecule has 0 aromatic heterocycles. The second-order valence-corrected chi connectivity index (χ2v) is 7.84.